The number of methoxy groups -OCH3 is 2. The monoisotopic (exact) mass is 378 g/mol. The van der Waals surface area contributed by atoms with Gasteiger partial charge in [0.25, 0.3) is 5.91 Å². The smallest absolute Gasteiger partial charge is 0.260 e. The summed E-state index contributed by atoms with van der Waals surface area (Å²) in [7, 11) is 3.24. The molecule has 1 amide bonds. The molecule has 0 atom stereocenters. The fraction of sp³-hybridized carbons (Fsp3) is 0.273. The molecule has 0 N–H and O–H groups in total. The molecule has 0 bridgehead atoms. The summed E-state index contributed by atoms with van der Waals surface area (Å²) in [6, 6.07) is 13.6. The van der Waals surface area contributed by atoms with Gasteiger partial charge in [-0.05, 0) is 36.6 Å². The number of carbonyl (C=O) groups is 1. The first-order valence-corrected chi connectivity index (χ1v) is 9.17. The highest BCUT2D eigenvalue weighted by Gasteiger charge is 2.29. The van der Waals surface area contributed by atoms with Crippen LogP contribution in [0.4, 0.5) is 0 Å². The van der Waals surface area contributed by atoms with Gasteiger partial charge in [0.15, 0.2) is 11.5 Å². The third kappa shape index (κ3) is 3.11. The summed E-state index contributed by atoms with van der Waals surface area (Å²) >= 11 is 0. The second-order valence-electron chi connectivity index (χ2n) is 6.78. The molecule has 0 saturated heterocycles. The fourth-order valence-electron chi connectivity index (χ4n) is 3.63. The Morgan fingerprint density at radius 2 is 1.75 bits per heavy atom. The lowest BCUT2D eigenvalue weighted by atomic mass is 9.97. The van der Waals surface area contributed by atoms with Crippen LogP contribution in [0.25, 0.3) is 11.3 Å². The van der Waals surface area contributed by atoms with E-state index in [9.17, 15) is 4.79 Å². The number of amides is 1. The number of hydrogen-bond acceptors (Lipinski definition) is 5. The van der Waals surface area contributed by atoms with Gasteiger partial charge < -0.3 is 18.9 Å². The summed E-state index contributed by atoms with van der Waals surface area (Å²) in [6.07, 6.45) is 0.756. The minimum atomic E-state index is -0.0713. The van der Waals surface area contributed by atoms with Gasteiger partial charge in [0.2, 0.25) is 0 Å². The molecule has 3 aromatic rings. The number of nitrogens with zero attached hydrogens (tertiary/aromatic N) is 2. The second kappa shape index (κ2) is 7.38. The molecular formula is C22H22N2O4. The Kier molecular flexibility index (Phi) is 4.77. The van der Waals surface area contributed by atoms with E-state index in [1.807, 2.05) is 47.4 Å². The van der Waals surface area contributed by atoms with Crippen LogP contribution in [0, 0.1) is 6.92 Å². The summed E-state index contributed by atoms with van der Waals surface area (Å²) in [5.41, 5.74) is 4.21. The predicted octanol–water partition coefficient (Wildman–Crippen LogP) is 3.87. The number of ether oxygens (including phenoxy) is 2. The van der Waals surface area contributed by atoms with Crippen LogP contribution in [0.15, 0.2) is 47.0 Å². The summed E-state index contributed by atoms with van der Waals surface area (Å²) in [5, 5.41) is 4.14. The summed E-state index contributed by atoms with van der Waals surface area (Å²) in [5.74, 6) is 1.84. The lowest BCUT2D eigenvalue weighted by Crippen LogP contribution is -2.36. The Hall–Kier alpha value is -3.28. The summed E-state index contributed by atoms with van der Waals surface area (Å²) in [4.78, 5) is 15.2. The summed E-state index contributed by atoms with van der Waals surface area (Å²) < 4.78 is 16.2. The Morgan fingerprint density at radius 3 is 2.43 bits per heavy atom. The van der Waals surface area contributed by atoms with E-state index in [2.05, 4.69) is 5.16 Å². The molecular weight excluding hydrogens is 356 g/mol. The van der Waals surface area contributed by atoms with Gasteiger partial charge in [-0.25, -0.2) is 0 Å². The van der Waals surface area contributed by atoms with Gasteiger partial charge in [-0.1, -0.05) is 35.5 Å². The molecule has 1 aliphatic rings. The average Bonchev–Trinajstić information content (AvgIpc) is 3.13. The van der Waals surface area contributed by atoms with E-state index in [0.29, 0.717) is 41.6 Å². The molecule has 0 fully saturated rings. The van der Waals surface area contributed by atoms with Crippen LogP contribution >= 0.6 is 0 Å². The van der Waals surface area contributed by atoms with E-state index < -0.39 is 0 Å². The Morgan fingerprint density at radius 1 is 1.07 bits per heavy atom. The first-order chi connectivity index (χ1) is 13.6. The van der Waals surface area contributed by atoms with Gasteiger partial charge in [0.05, 0.1) is 14.2 Å². The molecule has 0 aliphatic carbocycles. The maximum atomic E-state index is 13.3. The molecule has 1 aliphatic heterocycles. The highest BCUT2D eigenvalue weighted by atomic mass is 16.5. The molecule has 0 spiro atoms. The Balaban J connectivity index is 1.66. The van der Waals surface area contributed by atoms with Crippen molar-refractivity contribution < 1.29 is 18.8 Å². The zero-order chi connectivity index (χ0) is 19.7. The Labute approximate surface area is 163 Å². The van der Waals surface area contributed by atoms with Crippen LogP contribution in [-0.4, -0.2) is 36.7 Å². The number of aromatic nitrogens is 1. The largest absolute Gasteiger partial charge is 0.493 e. The third-order valence-corrected chi connectivity index (χ3v) is 5.13. The van der Waals surface area contributed by atoms with Crippen LogP contribution in [0.5, 0.6) is 11.5 Å². The van der Waals surface area contributed by atoms with Crippen LogP contribution in [0.2, 0.25) is 0 Å². The number of aryl methyl sites for hydroxylation is 1. The molecule has 2 heterocycles. The average molecular weight is 378 g/mol. The van der Waals surface area contributed by atoms with Crippen LogP contribution in [0.1, 0.15) is 27.2 Å². The maximum Gasteiger partial charge on any atom is 0.260 e. The number of benzene rings is 2. The van der Waals surface area contributed by atoms with E-state index in [1.165, 1.54) is 5.56 Å². The van der Waals surface area contributed by atoms with Crippen molar-refractivity contribution in [2.24, 2.45) is 0 Å². The quantitative estimate of drug-likeness (QED) is 0.690. The van der Waals surface area contributed by atoms with E-state index >= 15 is 0 Å². The van der Waals surface area contributed by atoms with Gasteiger partial charge in [-0.2, -0.15) is 0 Å². The van der Waals surface area contributed by atoms with E-state index in [4.69, 9.17) is 14.0 Å². The van der Waals surface area contributed by atoms with Crippen molar-refractivity contribution in [3.8, 4) is 22.8 Å². The minimum Gasteiger partial charge on any atom is -0.493 e. The van der Waals surface area contributed by atoms with Crippen molar-refractivity contribution in [1.82, 2.24) is 10.1 Å². The first-order valence-electron chi connectivity index (χ1n) is 9.17. The molecule has 0 radical (unpaired) electrons. The number of fused-ring (bicyclic) bond motifs is 1. The van der Waals surface area contributed by atoms with Gasteiger partial charge in [0.1, 0.15) is 17.0 Å². The molecule has 2 aromatic carbocycles. The van der Waals surface area contributed by atoms with Crippen molar-refractivity contribution in [3.05, 3.63) is 64.9 Å². The van der Waals surface area contributed by atoms with E-state index in [-0.39, 0.29) is 5.91 Å². The molecule has 4 rings (SSSR count). The Bertz CT molecular complexity index is 1010. The van der Waals surface area contributed by atoms with Gasteiger partial charge in [-0.3, -0.25) is 4.79 Å². The van der Waals surface area contributed by atoms with E-state index in [0.717, 1.165) is 17.5 Å². The normalized spacial score (nSPS) is 13.2. The molecule has 28 heavy (non-hydrogen) atoms. The highest BCUT2D eigenvalue weighted by molar-refractivity contribution is 6.00. The van der Waals surface area contributed by atoms with Crippen molar-refractivity contribution in [2.45, 2.75) is 19.9 Å². The summed E-state index contributed by atoms with van der Waals surface area (Å²) in [6.45, 7) is 2.91. The fourth-order valence-corrected chi connectivity index (χ4v) is 3.63. The zero-order valence-electron chi connectivity index (χ0n) is 16.2. The van der Waals surface area contributed by atoms with Crippen LogP contribution in [-0.2, 0) is 13.0 Å². The minimum absolute atomic E-state index is 0.0713. The van der Waals surface area contributed by atoms with E-state index in [1.54, 1.807) is 21.1 Å². The first kappa shape index (κ1) is 18.1. The zero-order valence-corrected chi connectivity index (χ0v) is 16.2. The standard InChI is InChI=1S/C22H22N2O4/c1-14-20(21(23-28-14)15-7-5-4-6-8-15)22(25)24-10-9-16-11-18(26-2)19(27-3)12-17(16)13-24/h4-8,11-12H,9-10,13H2,1-3H3. The SMILES string of the molecule is COc1cc2c(cc1OC)CN(C(=O)c1c(-c3ccccc3)noc1C)CC2. The lowest BCUT2D eigenvalue weighted by molar-refractivity contribution is 0.0733. The topological polar surface area (TPSA) is 64.8 Å². The van der Waals surface area contributed by atoms with Gasteiger partial charge in [0, 0.05) is 18.7 Å². The highest BCUT2D eigenvalue weighted by Crippen LogP contribution is 2.34. The van der Waals surface area contributed by atoms with Crippen molar-refractivity contribution in [3.63, 3.8) is 0 Å². The van der Waals surface area contributed by atoms with Crippen molar-refractivity contribution in [1.29, 1.82) is 0 Å². The lowest BCUT2D eigenvalue weighted by Gasteiger charge is -2.29. The predicted molar refractivity (Wildman–Crippen MR) is 105 cm³/mol. The number of hydrogen-bond donors (Lipinski definition) is 0. The molecule has 1 aromatic heterocycles. The van der Waals surface area contributed by atoms with Crippen LogP contribution in [0.3, 0.4) is 0 Å². The van der Waals surface area contributed by atoms with Gasteiger partial charge >= 0.3 is 0 Å². The van der Waals surface area contributed by atoms with Gasteiger partial charge in [-0.15, -0.1) is 0 Å². The number of rotatable bonds is 4. The van der Waals surface area contributed by atoms with Crippen molar-refractivity contribution >= 4 is 5.91 Å². The molecule has 6 heteroatoms. The molecule has 144 valence electrons. The third-order valence-electron chi connectivity index (χ3n) is 5.13. The maximum absolute atomic E-state index is 13.3. The number of carbonyl (C=O) groups excluding carboxylic acids is 1. The second-order valence-corrected chi connectivity index (χ2v) is 6.78. The molecule has 0 unspecified atom stereocenters. The molecule has 0 saturated carbocycles. The van der Waals surface area contributed by atoms with Crippen LogP contribution < -0.4 is 9.47 Å². The van der Waals surface area contributed by atoms with Crippen molar-refractivity contribution in [2.75, 3.05) is 20.8 Å². The molecule has 6 nitrogen and oxygen atoms in total.